The van der Waals surface area contributed by atoms with Crippen LogP contribution in [0.1, 0.15) is 82.6 Å². The monoisotopic (exact) mass is 684 g/mol. The smallest absolute Gasteiger partial charge is 0.468 e. The molecule has 1 N–H and O–H groups in total. The number of ether oxygens (including phenoxy) is 6. The van der Waals surface area contributed by atoms with Gasteiger partial charge in [-0.1, -0.05) is 7.43 Å². The van der Waals surface area contributed by atoms with E-state index in [-0.39, 0.29) is 30.2 Å². The van der Waals surface area contributed by atoms with Gasteiger partial charge in [0.25, 0.3) is 0 Å². The number of amides is 1. The third-order valence-corrected chi connectivity index (χ3v) is 8.42. The maximum absolute atomic E-state index is 11.9. The van der Waals surface area contributed by atoms with Gasteiger partial charge in [-0.05, 0) is 94.2 Å². The van der Waals surface area contributed by atoms with Gasteiger partial charge >= 0.3 is 30.3 Å². The predicted molar refractivity (Wildman–Crippen MR) is 177 cm³/mol. The minimum absolute atomic E-state index is 0. The summed E-state index contributed by atoms with van der Waals surface area (Å²) in [6.45, 7) is 18.0. The minimum atomic E-state index is -1.06. The Labute approximate surface area is 277 Å². The van der Waals surface area contributed by atoms with Crippen LogP contribution >= 0.6 is 23.5 Å². The number of carbonyl (C=O) groups is 5. The summed E-state index contributed by atoms with van der Waals surface area (Å²) in [4.78, 5) is 58.6. The van der Waals surface area contributed by atoms with E-state index < -0.39 is 33.9 Å². The fourth-order valence-corrected chi connectivity index (χ4v) is 5.40. The van der Waals surface area contributed by atoms with Crippen LogP contribution in [0.4, 0.5) is 14.4 Å². The van der Waals surface area contributed by atoms with Crippen molar-refractivity contribution >= 4 is 53.9 Å². The van der Waals surface area contributed by atoms with E-state index in [1.54, 1.807) is 58.2 Å². The summed E-state index contributed by atoms with van der Waals surface area (Å²) < 4.78 is 27.7. The number of rotatable bonds is 4. The van der Waals surface area contributed by atoms with Crippen molar-refractivity contribution in [1.82, 2.24) is 10.2 Å². The predicted octanol–water partition coefficient (Wildman–Crippen LogP) is 5.67. The van der Waals surface area contributed by atoms with Crippen molar-refractivity contribution in [2.45, 2.75) is 109 Å². The Morgan fingerprint density at radius 3 is 1.44 bits per heavy atom. The van der Waals surface area contributed by atoms with Crippen LogP contribution in [0.15, 0.2) is 0 Å². The van der Waals surface area contributed by atoms with Crippen LogP contribution in [-0.2, 0) is 38.0 Å². The molecule has 2 saturated heterocycles. The molecule has 264 valence electrons. The molecule has 0 aromatic carbocycles. The Morgan fingerprint density at radius 2 is 1.11 bits per heavy atom. The molecule has 0 radical (unpaired) electrons. The summed E-state index contributed by atoms with van der Waals surface area (Å²) in [5.74, 6) is -0.379. The average molecular weight is 685 g/mol. The molecule has 0 unspecified atom stereocenters. The zero-order chi connectivity index (χ0) is 34.6. The first kappa shape index (κ1) is 44.7. The zero-order valence-electron chi connectivity index (χ0n) is 28.5. The van der Waals surface area contributed by atoms with Gasteiger partial charge in [0, 0.05) is 19.6 Å². The summed E-state index contributed by atoms with van der Waals surface area (Å²) in [6, 6.07) is 0. The molecule has 15 heteroatoms. The minimum Gasteiger partial charge on any atom is -0.468 e. The Hall–Kier alpha value is -2.39. The number of carbonyl (C=O) groups excluding carboxylic acids is 5. The number of likely N-dealkylation sites (tertiary alicyclic amines) is 1. The molecule has 0 bridgehead atoms. The second-order valence-corrected chi connectivity index (χ2v) is 15.4. The Bertz CT molecular complexity index is 956. The van der Waals surface area contributed by atoms with Gasteiger partial charge in [-0.15, -0.1) is 23.5 Å². The van der Waals surface area contributed by atoms with E-state index in [1.165, 1.54) is 26.0 Å². The number of nitrogens with zero attached hydrogens (tertiary/aromatic N) is 1. The lowest BCUT2D eigenvalue weighted by Gasteiger charge is -2.26. The molecule has 2 aliphatic heterocycles. The Morgan fingerprint density at radius 1 is 0.689 bits per heavy atom. The Balaban J connectivity index is 0. The topological polar surface area (TPSA) is 156 Å². The van der Waals surface area contributed by atoms with Gasteiger partial charge in [0.15, 0.2) is 0 Å². The highest BCUT2D eigenvalue weighted by atomic mass is 32.2. The van der Waals surface area contributed by atoms with Gasteiger partial charge in [0.1, 0.15) is 26.3 Å². The van der Waals surface area contributed by atoms with Crippen LogP contribution < -0.4 is 5.32 Å². The molecule has 1 amide bonds. The molecule has 2 aliphatic rings. The first-order valence-electron chi connectivity index (χ1n) is 14.1. The summed E-state index contributed by atoms with van der Waals surface area (Å²) in [5, 5.41) is 3.16. The van der Waals surface area contributed by atoms with E-state index in [0.717, 1.165) is 19.5 Å². The van der Waals surface area contributed by atoms with Crippen molar-refractivity contribution in [2.75, 3.05) is 52.9 Å². The zero-order valence-corrected chi connectivity index (χ0v) is 30.1. The number of hydrogen-bond donors (Lipinski definition) is 1. The molecule has 0 spiro atoms. The van der Waals surface area contributed by atoms with E-state index in [4.69, 9.17) is 23.7 Å². The second-order valence-electron chi connectivity index (χ2n) is 13.0. The molecule has 2 heterocycles. The van der Waals surface area contributed by atoms with E-state index in [9.17, 15) is 24.0 Å². The van der Waals surface area contributed by atoms with Gasteiger partial charge in [-0.25, -0.2) is 14.4 Å². The SMILES string of the molecule is C.CC(C)(C)OC(=O)OC(=O)OC(C)(C)C.COC(=O)[C@]1(SC)CCN(C(=O)OC(C)(C)C)C1.COC(=O)[C@]1(SC)CCNC1. The van der Waals surface area contributed by atoms with Crippen molar-refractivity contribution in [2.24, 2.45) is 0 Å². The molecule has 2 atom stereocenters. The third-order valence-electron chi connectivity index (χ3n) is 5.84. The van der Waals surface area contributed by atoms with E-state index in [1.807, 2.05) is 33.3 Å². The summed E-state index contributed by atoms with van der Waals surface area (Å²) in [5.41, 5.74) is -1.91. The number of methoxy groups -OCH3 is 2. The molecule has 2 fully saturated rings. The van der Waals surface area contributed by atoms with Gasteiger partial charge in [0.2, 0.25) is 0 Å². The van der Waals surface area contributed by atoms with Gasteiger partial charge < -0.3 is 38.6 Å². The van der Waals surface area contributed by atoms with Crippen LogP contribution in [0.25, 0.3) is 0 Å². The summed E-state index contributed by atoms with van der Waals surface area (Å²) in [7, 11) is 2.81. The fraction of sp³-hybridized carbons (Fsp3) is 0.833. The summed E-state index contributed by atoms with van der Waals surface area (Å²) in [6.07, 6.45) is 2.79. The first-order valence-corrected chi connectivity index (χ1v) is 16.5. The number of esters is 2. The highest BCUT2D eigenvalue weighted by molar-refractivity contribution is 8.01. The van der Waals surface area contributed by atoms with Crippen molar-refractivity contribution < 1.29 is 52.4 Å². The molecule has 0 aromatic heterocycles. The summed E-state index contributed by atoms with van der Waals surface area (Å²) >= 11 is 3.00. The largest absolute Gasteiger partial charge is 0.519 e. The van der Waals surface area contributed by atoms with E-state index in [2.05, 4.69) is 10.1 Å². The van der Waals surface area contributed by atoms with Crippen molar-refractivity contribution in [1.29, 1.82) is 0 Å². The third kappa shape index (κ3) is 16.7. The lowest BCUT2D eigenvalue weighted by atomic mass is 10.1. The highest BCUT2D eigenvalue weighted by Gasteiger charge is 2.47. The Kier molecular flexibility index (Phi) is 18.6. The van der Waals surface area contributed by atoms with Crippen LogP contribution in [0.5, 0.6) is 0 Å². The molecular formula is C30H56N2O11S2. The van der Waals surface area contributed by atoms with Crippen molar-refractivity contribution in [3.63, 3.8) is 0 Å². The molecular weight excluding hydrogens is 628 g/mol. The fourth-order valence-electron chi connectivity index (χ4n) is 3.76. The number of thioether (sulfide) groups is 2. The molecule has 0 saturated carbocycles. The van der Waals surface area contributed by atoms with Gasteiger partial charge in [0.05, 0.1) is 14.2 Å². The van der Waals surface area contributed by atoms with Crippen LogP contribution in [0, 0.1) is 0 Å². The molecule has 0 aromatic rings. The normalized spacial score (nSPS) is 21.0. The lowest BCUT2D eigenvalue weighted by molar-refractivity contribution is -0.143. The van der Waals surface area contributed by atoms with Gasteiger partial charge in [-0.3, -0.25) is 9.59 Å². The first-order chi connectivity index (χ1) is 20.0. The molecule has 2 rings (SSSR count). The average Bonchev–Trinajstić information content (AvgIpc) is 3.54. The standard InChI is InChI=1S/C12H21NO4S.C10H18O5.C7H13NO2S.CH4/c1-11(2,3)17-10(15)13-7-6-12(8-13,18-5)9(14)16-4;1-9(2,3)14-7(11)13-8(12)15-10(4,5)6;1-10-6(9)7(11-2)3-4-8-5-7;/h6-8H2,1-5H3;1-6H3;8H,3-5H2,1-2H3;1H4/t12-;;7-;/m0.0./s1. The van der Waals surface area contributed by atoms with E-state index >= 15 is 0 Å². The van der Waals surface area contributed by atoms with Crippen LogP contribution in [0.2, 0.25) is 0 Å². The number of nitrogens with one attached hydrogen (secondary N) is 1. The second kappa shape index (κ2) is 18.7. The van der Waals surface area contributed by atoms with Crippen LogP contribution in [-0.4, -0.2) is 114 Å². The maximum atomic E-state index is 11.9. The molecule has 0 aliphatic carbocycles. The van der Waals surface area contributed by atoms with Crippen LogP contribution in [0.3, 0.4) is 0 Å². The quantitative estimate of drug-likeness (QED) is 0.220. The van der Waals surface area contributed by atoms with Gasteiger partial charge in [-0.2, -0.15) is 0 Å². The van der Waals surface area contributed by atoms with Crippen molar-refractivity contribution in [3.8, 4) is 0 Å². The molecule has 45 heavy (non-hydrogen) atoms. The number of hydrogen-bond acceptors (Lipinski definition) is 14. The maximum Gasteiger partial charge on any atom is 0.519 e. The highest BCUT2D eigenvalue weighted by Crippen LogP contribution is 2.35. The van der Waals surface area contributed by atoms with Crippen molar-refractivity contribution in [3.05, 3.63) is 0 Å². The van der Waals surface area contributed by atoms with E-state index in [0.29, 0.717) is 19.5 Å². The molecule has 13 nitrogen and oxygen atoms in total. The lowest BCUT2D eigenvalue weighted by Crippen LogP contribution is -2.42.